The van der Waals surface area contributed by atoms with Crippen LogP contribution in [0.4, 0.5) is 0 Å². The van der Waals surface area contributed by atoms with E-state index < -0.39 is 46.0 Å². The van der Waals surface area contributed by atoms with Gasteiger partial charge >= 0.3 is 0 Å². The second kappa shape index (κ2) is 8.35. The molecule has 0 aromatic rings. The Bertz CT molecular complexity index is 892. The van der Waals surface area contributed by atoms with Gasteiger partial charge in [0.05, 0.1) is 13.0 Å². The zero-order chi connectivity index (χ0) is 23.9. The molecule has 4 rings (SSSR count). The van der Waals surface area contributed by atoms with Crippen LogP contribution >= 0.6 is 0 Å². The minimum Gasteiger partial charge on any atom is -0.493 e. The molecule has 0 spiro atoms. The molecule has 0 saturated heterocycles. The molecule has 32 heavy (non-hydrogen) atoms. The van der Waals surface area contributed by atoms with Crippen molar-refractivity contribution in [1.82, 2.24) is 0 Å². The summed E-state index contributed by atoms with van der Waals surface area (Å²) in [5.74, 6) is -6.00. The van der Waals surface area contributed by atoms with Crippen LogP contribution in [-0.2, 0) is 38.0 Å². The predicted octanol–water partition coefficient (Wildman–Crippen LogP) is 2.36. The van der Waals surface area contributed by atoms with Gasteiger partial charge in [-0.1, -0.05) is 18.2 Å². The van der Waals surface area contributed by atoms with Gasteiger partial charge in [-0.15, -0.1) is 6.58 Å². The number of rotatable bonds is 9. The summed E-state index contributed by atoms with van der Waals surface area (Å²) in [4.78, 5) is 27.8. The average Bonchev–Trinajstić information content (AvgIpc) is 2.81. The molecule has 2 bridgehead atoms. The average molecular weight is 449 g/mol. The molecule has 176 valence electrons. The Kier molecular flexibility index (Phi) is 6.40. The molecular formula is C24H32O8. The standard InChI is InChI=1S/C24H32O8/c1-9-11-15-13-22(28-4)20(26)23(29-5,30-6)17(15)18-21(22,12-10-2)14-16(27-3)19(25)24(18,31-7)32-8/h9-11,13-14,17-18H,2,12H2,1,3-8H3/t17-,18+,21?,22+/m1/s1. The van der Waals surface area contributed by atoms with Gasteiger partial charge in [-0.05, 0) is 31.1 Å². The zero-order valence-electron chi connectivity index (χ0n) is 19.7. The molecule has 8 heteroatoms. The molecule has 1 unspecified atom stereocenters. The topological polar surface area (TPSA) is 89.5 Å². The fourth-order valence-electron chi connectivity index (χ4n) is 6.12. The van der Waals surface area contributed by atoms with Gasteiger partial charge in [-0.25, -0.2) is 0 Å². The van der Waals surface area contributed by atoms with Crippen molar-refractivity contribution in [2.45, 2.75) is 30.5 Å². The van der Waals surface area contributed by atoms with Crippen molar-refractivity contribution in [3.8, 4) is 0 Å². The number of fused-ring (bicyclic) bond motifs is 1. The van der Waals surface area contributed by atoms with E-state index in [1.807, 2.05) is 19.1 Å². The van der Waals surface area contributed by atoms with Crippen LogP contribution < -0.4 is 0 Å². The number of ketones is 2. The van der Waals surface area contributed by atoms with Crippen molar-refractivity contribution >= 4 is 11.6 Å². The number of allylic oxidation sites excluding steroid dienone is 3. The molecule has 0 heterocycles. The Morgan fingerprint density at radius 2 is 1.53 bits per heavy atom. The van der Waals surface area contributed by atoms with E-state index in [0.717, 1.165) is 0 Å². The molecule has 4 atom stereocenters. The van der Waals surface area contributed by atoms with Gasteiger partial charge in [0.1, 0.15) is 0 Å². The van der Waals surface area contributed by atoms with Gasteiger partial charge in [0.2, 0.25) is 17.4 Å². The summed E-state index contributed by atoms with van der Waals surface area (Å²) in [6, 6.07) is 0. The minimum absolute atomic E-state index is 0.0185. The Morgan fingerprint density at radius 3 is 1.97 bits per heavy atom. The Hall–Kier alpha value is -2.10. The highest BCUT2D eigenvalue weighted by atomic mass is 16.7. The molecule has 0 aromatic heterocycles. The molecule has 1 saturated carbocycles. The third kappa shape index (κ3) is 2.55. The largest absolute Gasteiger partial charge is 0.493 e. The summed E-state index contributed by atoms with van der Waals surface area (Å²) in [6.07, 6.45) is 9.09. The number of hydrogen-bond acceptors (Lipinski definition) is 8. The van der Waals surface area contributed by atoms with Crippen LogP contribution in [-0.4, -0.2) is 71.4 Å². The lowest BCUT2D eigenvalue weighted by Crippen LogP contribution is -2.81. The molecule has 0 amide bonds. The molecular weight excluding hydrogens is 416 g/mol. The minimum atomic E-state index is -1.80. The molecule has 0 aliphatic heterocycles. The Morgan fingerprint density at radius 1 is 0.938 bits per heavy atom. The van der Waals surface area contributed by atoms with Crippen molar-refractivity contribution in [1.29, 1.82) is 0 Å². The summed E-state index contributed by atoms with van der Waals surface area (Å²) in [5, 5.41) is 0. The van der Waals surface area contributed by atoms with Crippen LogP contribution in [0, 0.1) is 17.3 Å². The maximum Gasteiger partial charge on any atom is 0.256 e. The number of Topliss-reactive ketones (excluding diaryl/α,β-unsaturated/α-hetero) is 2. The van der Waals surface area contributed by atoms with Gasteiger partial charge < -0.3 is 28.4 Å². The fourth-order valence-corrected chi connectivity index (χ4v) is 6.12. The summed E-state index contributed by atoms with van der Waals surface area (Å²) in [7, 11) is 8.42. The molecule has 8 nitrogen and oxygen atoms in total. The van der Waals surface area contributed by atoms with Crippen molar-refractivity contribution in [3.05, 3.63) is 48.3 Å². The third-order valence-electron chi connectivity index (χ3n) is 7.31. The van der Waals surface area contributed by atoms with E-state index >= 15 is 0 Å². The highest BCUT2D eigenvalue weighted by Gasteiger charge is 2.82. The first-order chi connectivity index (χ1) is 15.3. The summed E-state index contributed by atoms with van der Waals surface area (Å²) in [5.41, 5.74) is -2.01. The Labute approximate surface area is 188 Å². The highest BCUT2D eigenvalue weighted by Crippen LogP contribution is 2.68. The molecule has 0 N–H and O–H groups in total. The second-order valence-electron chi connectivity index (χ2n) is 8.10. The summed E-state index contributed by atoms with van der Waals surface area (Å²) in [6.45, 7) is 5.77. The normalized spacial score (nSPS) is 34.8. The summed E-state index contributed by atoms with van der Waals surface area (Å²) < 4.78 is 34.8. The van der Waals surface area contributed by atoms with Crippen molar-refractivity contribution < 1.29 is 38.0 Å². The zero-order valence-corrected chi connectivity index (χ0v) is 19.7. The van der Waals surface area contributed by atoms with E-state index in [-0.39, 0.29) is 12.2 Å². The quantitative estimate of drug-likeness (QED) is 0.392. The van der Waals surface area contributed by atoms with Crippen LogP contribution in [0.15, 0.2) is 48.3 Å². The van der Waals surface area contributed by atoms with Gasteiger partial charge in [0.15, 0.2) is 11.4 Å². The molecule has 4 aliphatic carbocycles. The number of carbonyl (C=O) groups is 2. The maximum atomic E-state index is 14.2. The van der Waals surface area contributed by atoms with Gasteiger partial charge in [0, 0.05) is 46.9 Å². The predicted molar refractivity (Wildman–Crippen MR) is 115 cm³/mol. The Balaban J connectivity index is 2.59. The van der Waals surface area contributed by atoms with Crippen LogP contribution in [0.2, 0.25) is 0 Å². The fraction of sp³-hybridized carbons (Fsp3) is 0.583. The first-order valence-corrected chi connectivity index (χ1v) is 10.3. The maximum absolute atomic E-state index is 14.2. The molecule has 0 aromatic carbocycles. The number of carbonyl (C=O) groups excluding carboxylic acids is 2. The van der Waals surface area contributed by atoms with Gasteiger partial charge in [0.25, 0.3) is 5.78 Å². The first-order valence-electron chi connectivity index (χ1n) is 10.3. The van der Waals surface area contributed by atoms with Crippen molar-refractivity contribution in [3.63, 3.8) is 0 Å². The summed E-state index contributed by atoms with van der Waals surface area (Å²) >= 11 is 0. The van der Waals surface area contributed by atoms with Gasteiger partial charge in [-0.3, -0.25) is 9.59 Å². The molecule has 4 aliphatic rings. The number of hydrogen-bond donors (Lipinski definition) is 0. The number of methoxy groups -OCH3 is 6. The highest BCUT2D eigenvalue weighted by molar-refractivity contribution is 6.05. The van der Waals surface area contributed by atoms with Crippen molar-refractivity contribution in [2.24, 2.45) is 17.3 Å². The SMILES string of the molecule is C=CCC12C=C(OC)C(=O)C(OC)(OC)[C@H]1[C@H]1C(C=CC)=C[C@]2(OC)C(=O)C1(OC)OC. The molecule has 0 radical (unpaired) electrons. The van der Waals surface area contributed by atoms with Crippen molar-refractivity contribution in [2.75, 3.05) is 42.7 Å². The first kappa shape index (κ1) is 24.5. The third-order valence-corrected chi connectivity index (χ3v) is 7.31. The van der Waals surface area contributed by atoms with E-state index in [9.17, 15) is 9.59 Å². The molecule has 1 fully saturated rings. The lowest BCUT2D eigenvalue weighted by molar-refractivity contribution is -0.329. The van der Waals surface area contributed by atoms with E-state index in [0.29, 0.717) is 5.57 Å². The van der Waals surface area contributed by atoms with E-state index in [2.05, 4.69) is 6.58 Å². The van der Waals surface area contributed by atoms with E-state index in [4.69, 9.17) is 28.4 Å². The lowest BCUT2D eigenvalue weighted by atomic mass is 9.41. The van der Waals surface area contributed by atoms with E-state index in [1.165, 1.54) is 42.7 Å². The van der Waals surface area contributed by atoms with Crippen LogP contribution in [0.25, 0.3) is 0 Å². The smallest absolute Gasteiger partial charge is 0.256 e. The second-order valence-corrected chi connectivity index (χ2v) is 8.10. The van der Waals surface area contributed by atoms with E-state index in [1.54, 1.807) is 18.2 Å². The van der Waals surface area contributed by atoms with Crippen LogP contribution in [0.3, 0.4) is 0 Å². The number of ether oxygens (including phenoxy) is 6. The van der Waals surface area contributed by atoms with Crippen LogP contribution in [0.1, 0.15) is 13.3 Å². The lowest BCUT2D eigenvalue weighted by Gasteiger charge is -2.67. The van der Waals surface area contributed by atoms with Crippen LogP contribution in [0.5, 0.6) is 0 Å². The van der Waals surface area contributed by atoms with Gasteiger partial charge in [-0.2, -0.15) is 0 Å². The monoisotopic (exact) mass is 448 g/mol.